The zero-order chi connectivity index (χ0) is 12.6. The first-order valence-electron chi connectivity index (χ1n) is 6.58. The molecule has 1 saturated carbocycles. The lowest BCUT2D eigenvalue weighted by molar-refractivity contribution is -0.0290. The van der Waals surface area contributed by atoms with Crippen molar-refractivity contribution in [1.82, 2.24) is 4.90 Å². The predicted octanol–water partition coefficient (Wildman–Crippen LogP) is 1.84. The van der Waals surface area contributed by atoms with Crippen LogP contribution in [0.15, 0.2) is 0 Å². The number of nitrogens with zero attached hydrogens (tertiary/aromatic N) is 1. The Kier molecular flexibility index (Phi) is 3.34. The molecule has 17 heavy (non-hydrogen) atoms. The summed E-state index contributed by atoms with van der Waals surface area (Å²) < 4.78 is 5.41. The highest BCUT2D eigenvalue weighted by molar-refractivity contribution is 5.68. The van der Waals surface area contributed by atoms with Gasteiger partial charge < -0.3 is 15.4 Å². The van der Waals surface area contributed by atoms with Crippen LogP contribution in [-0.4, -0.2) is 36.2 Å². The fourth-order valence-electron chi connectivity index (χ4n) is 2.99. The number of amides is 1. The summed E-state index contributed by atoms with van der Waals surface area (Å²) in [5.41, 5.74) is 5.33. The van der Waals surface area contributed by atoms with Gasteiger partial charge in [-0.05, 0) is 57.9 Å². The van der Waals surface area contributed by atoms with Crippen LogP contribution in [0.2, 0.25) is 0 Å². The van der Waals surface area contributed by atoms with Crippen LogP contribution in [-0.2, 0) is 4.74 Å². The molecule has 98 valence electrons. The first-order chi connectivity index (χ1) is 7.90. The lowest BCUT2D eigenvalue weighted by atomic mass is 9.62. The molecule has 0 radical (unpaired) electrons. The molecule has 0 bridgehead atoms. The van der Waals surface area contributed by atoms with Crippen LogP contribution in [0.1, 0.15) is 33.6 Å². The number of carbonyl (C=O) groups is 1. The molecule has 1 saturated heterocycles. The summed E-state index contributed by atoms with van der Waals surface area (Å²) in [5, 5.41) is 0. The molecule has 1 amide bonds. The van der Waals surface area contributed by atoms with Crippen molar-refractivity contribution in [2.24, 2.45) is 23.5 Å². The number of hydrogen-bond acceptors (Lipinski definition) is 3. The third-order valence-electron chi connectivity index (χ3n) is 3.97. The first kappa shape index (κ1) is 12.7. The van der Waals surface area contributed by atoms with Gasteiger partial charge in [-0.15, -0.1) is 0 Å². The maximum absolute atomic E-state index is 12.0. The van der Waals surface area contributed by atoms with Gasteiger partial charge in [-0.2, -0.15) is 0 Å². The Hall–Kier alpha value is -0.770. The van der Waals surface area contributed by atoms with Crippen molar-refractivity contribution < 1.29 is 9.53 Å². The van der Waals surface area contributed by atoms with Crippen molar-refractivity contribution in [2.75, 3.05) is 19.6 Å². The van der Waals surface area contributed by atoms with E-state index in [4.69, 9.17) is 10.5 Å². The van der Waals surface area contributed by atoms with E-state index in [2.05, 4.69) is 0 Å². The van der Waals surface area contributed by atoms with Gasteiger partial charge in [-0.1, -0.05) is 0 Å². The van der Waals surface area contributed by atoms with Crippen LogP contribution < -0.4 is 5.73 Å². The fraction of sp³-hybridized carbons (Fsp3) is 0.923. The average molecular weight is 240 g/mol. The Labute approximate surface area is 103 Å². The summed E-state index contributed by atoms with van der Waals surface area (Å²) in [6.45, 7) is 8.15. The topological polar surface area (TPSA) is 55.6 Å². The van der Waals surface area contributed by atoms with E-state index in [1.165, 1.54) is 6.42 Å². The highest BCUT2D eigenvalue weighted by Crippen LogP contribution is 2.45. The molecule has 4 nitrogen and oxygen atoms in total. The van der Waals surface area contributed by atoms with Crippen LogP contribution in [0.3, 0.4) is 0 Å². The van der Waals surface area contributed by atoms with E-state index in [1.54, 1.807) is 0 Å². The van der Waals surface area contributed by atoms with Gasteiger partial charge in [0.25, 0.3) is 0 Å². The molecule has 0 aromatic heterocycles. The third kappa shape index (κ3) is 2.73. The molecule has 1 heterocycles. The molecule has 0 aromatic rings. The summed E-state index contributed by atoms with van der Waals surface area (Å²) in [5.74, 6) is 2.02. The standard InChI is InChI=1S/C13H24N2O2/c1-13(2,3)17-12(16)15-5-4-9-6-10(7-14)11(9)8-15/h9-11H,4-8,14H2,1-3H3/t9-,10+,11-/m1/s1. The minimum atomic E-state index is -0.402. The van der Waals surface area contributed by atoms with Gasteiger partial charge in [0.15, 0.2) is 0 Å². The number of fused-ring (bicyclic) bond motifs is 1. The molecular formula is C13H24N2O2. The van der Waals surface area contributed by atoms with Crippen LogP contribution >= 0.6 is 0 Å². The minimum absolute atomic E-state index is 0.168. The summed E-state index contributed by atoms with van der Waals surface area (Å²) in [7, 11) is 0. The van der Waals surface area contributed by atoms with E-state index in [-0.39, 0.29) is 6.09 Å². The largest absolute Gasteiger partial charge is 0.444 e. The second-order valence-corrected chi connectivity index (χ2v) is 6.37. The number of rotatable bonds is 1. The first-order valence-corrected chi connectivity index (χ1v) is 6.58. The number of ether oxygens (including phenoxy) is 1. The van der Waals surface area contributed by atoms with Gasteiger partial charge >= 0.3 is 6.09 Å². The Balaban J connectivity index is 1.88. The molecule has 2 fully saturated rings. The van der Waals surface area contributed by atoms with E-state index in [9.17, 15) is 4.79 Å². The number of carbonyl (C=O) groups excluding carboxylic acids is 1. The van der Waals surface area contributed by atoms with Gasteiger partial charge in [0, 0.05) is 13.1 Å². The van der Waals surface area contributed by atoms with Gasteiger partial charge in [0.05, 0.1) is 0 Å². The van der Waals surface area contributed by atoms with Crippen LogP contribution in [0.4, 0.5) is 4.79 Å². The summed E-state index contributed by atoms with van der Waals surface area (Å²) in [6.07, 6.45) is 2.20. The Bertz CT molecular complexity index is 294. The zero-order valence-corrected chi connectivity index (χ0v) is 11.1. The van der Waals surface area contributed by atoms with Crippen LogP contribution in [0.5, 0.6) is 0 Å². The number of nitrogens with two attached hydrogens (primary N) is 1. The molecule has 4 heteroatoms. The molecule has 2 N–H and O–H groups in total. The molecule has 1 aliphatic carbocycles. The Morgan fingerprint density at radius 2 is 2.18 bits per heavy atom. The highest BCUT2D eigenvalue weighted by Gasteiger charge is 2.44. The minimum Gasteiger partial charge on any atom is -0.444 e. The van der Waals surface area contributed by atoms with Crippen molar-refractivity contribution in [3.05, 3.63) is 0 Å². The van der Waals surface area contributed by atoms with Crippen molar-refractivity contribution in [3.63, 3.8) is 0 Å². The number of piperidine rings is 1. The van der Waals surface area contributed by atoms with Gasteiger partial charge in [-0.3, -0.25) is 0 Å². The van der Waals surface area contributed by atoms with Crippen molar-refractivity contribution >= 4 is 6.09 Å². The summed E-state index contributed by atoms with van der Waals surface area (Å²) in [4.78, 5) is 13.8. The van der Waals surface area contributed by atoms with Crippen LogP contribution in [0, 0.1) is 17.8 Å². The fourth-order valence-corrected chi connectivity index (χ4v) is 2.99. The molecule has 0 spiro atoms. The number of likely N-dealkylation sites (tertiary alicyclic amines) is 1. The summed E-state index contributed by atoms with van der Waals surface area (Å²) >= 11 is 0. The van der Waals surface area contributed by atoms with E-state index < -0.39 is 5.60 Å². The maximum Gasteiger partial charge on any atom is 0.410 e. The Morgan fingerprint density at radius 1 is 1.47 bits per heavy atom. The monoisotopic (exact) mass is 240 g/mol. The Morgan fingerprint density at radius 3 is 2.76 bits per heavy atom. The molecule has 2 aliphatic rings. The molecule has 2 rings (SSSR count). The highest BCUT2D eigenvalue weighted by atomic mass is 16.6. The predicted molar refractivity (Wildman–Crippen MR) is 66.6 cm³/mol. The second-order valence-electron chi connectivity index (χ2n) is 6.37. The van der Waals surface area contributed by atoms with Crippen molar-refractivity contribution in [2.45, 2.75) is 39.2 Å². The quantitative estimate of drug-likeness (QED) is 0.761. The molecule has 1 aliphatic heterocycles. The van der Waals surface area contributed by atoms with Gasteiger partial charge in [-0.25, -0.2) is 4.79 Å². The molecule has 3 atom stereocenters. The van der Waals surface area contributed by atoms with Crippen LogP contribution in [0.25, 0.3) is 0 Å². The lowest BCUT2D eigenvalue weighted by Gasteiger charge is -2.50. The molecule has 0 unspecified atom stereocenters. The van der Waals surface area contributed by atoms with E-state index >= 15 is 0 Å². The molecular weight excluding hydrogens is 216 g/mol. The maximum atomic E-state index is 12.0. The van der Waals surface area contributed by atoms with Gasteiger partial charge in [0.2, 0.25) is 0 Å². The number of hydrogen-bond donors (Lipinski definition) is 1. The van der Waals surface area contributed by atoms with Gasteiger partial charge in [0.1, 0.15) is 5.60 Å². The molecule has 0 aromatic carbocycles. The van der Waals surface area contributed by atoms with Crippen molar-refractivity contribution in [1.29, 1.82) is 0 Å². The van der Waals surface area contributed by atoms with E-state index in [1.807, 2.05) is 25.7 Å². The zero-order valence-electron chi connectivity index (χ0n) is 11.1. The lowest BCUT2D eigenvalue weighted by Crippen LogP contribution is -2.54. The average Bonchev–Trinajstić information content (AvgIpc) is 2.17. The summed E-state index contributed by atoms with van der Waals surface area (Å²) in [6, 6.07) is 0. The normalized spacial score (nSPS) is 32.7. The van der Waals surface area contributed by atoms with Crippen molar-refractivity contribution in [3.8, 4) is 0 Å². The van der Waals surface area contributed by atoms with E-state index in [0.717, 1.165) is 32.0 Å². The second kappa shape index (κ2) is 4.48. The smallest absolute Gasteiger partial charge is 0.410 e. The third-order valence-corrected chi connectivity index (χ3v) is 3.97. The SMILES string of the molecule is CC(C)(C)OC(=O)N1CC[C@@H]2C[C@@H](CN)[C@@H]2C1. The van der Waals surface area contributed by atoms with E-state index in [0.29, 0.717) is 11.8 Å².